The Kier molecular flexibility index (Phi) is 17.9. The Hall–Kier alpha value is -1.48. The second kappa shape index (κ2) is 18.7. The Labute approximate surface area is 211 Å². The zero-order valence-electron chi connectivity index (χ0n) is 22.1. The van der Waals surface area contributed by atoms with Gasteiger partial charge in [0, 0.05) is 18.8 Å². The lowest BCUT2D eigenvalue weighted by Crippen LogP contribution is -2.41. The summed E-state index contributed by atoms with van der Waals surface area (Å²) >= 11 is 0. The molecule has 5 N–H and O–H groups in total. The van der Waals surface area contributed by atoms with Gasteiger partial charge in [0.1, 0.15) is 6.54 Å². The maximum atomic E-state index is 12.3. The Morgan fingerprint density at radius 2 is 1.46 bits per heavy atom. The molecule has 0 saturated carbocycles. The van der Waals surface area contributed by atoms with Gasteiger partial charge >= 0.3 is 13.6 Å². The van der Waals surface area contributed by atoms with Crippen LogP contribution in [-0.4, -0.2) is 88.6 Å². The van der Waals surface area contributed by atoms with Gasteiger partial charge in [-0.15, -0.1) is 0 Å². The van der Waals surface area contributed by atoms with Gasteiger partial charge in [-0.25, -0.2) is 4.79 Å². The molecule has 0 aliphatic carbocycles. The number of carbonyl (C=O) groups excluding carboxylic acids is 1. The summed E-state index contributed by atoms with van der Waals surface area (Å²) in [7, 11) is 0.933. The van der Waals surface area contributed by atoms with Crippen molar-refractivity contribution >= 4 is 19.3 Å². The van der Waals surface area contributed by atoms with Gasteiger partial charge in [-0.2, -0.15) is 0 Å². The van der Waals surface area contributed by atoms with Crippen LogP contribution in [0.5, 0.6) is 0 Å². The minimum Gasteiger partial charge on any atom is -0.395 e. The minimum absolute atomic E-state index is 0.000359. The van der Waals surface area contributed by atoms with E-state index in [2.05, 4.69) is 12.2 Å². The van der Waals surface area contributed by atoms with Crippen molar-refractivity contribution in [2.75, 3.05) is 52.7 Å². The number of unbranched alkanes of at least 4 members (excludes halogenated alkanes) is 8. The van der Waals surface area contributed by atoms with Gasteiger partial charge in [-0.1, -0.05) is 76.5 Å². The average Bonchev–Trinajstić information content (AvgIpc) is 2.76. The summed E-state index contributed by atoms with van der Waals surface area (Å²) in [6, 6.07) is 9.32. The molecule has 0 radical (unpaired) electrons. The lowest BCUT2D eigenvalue weighted by atomic mass is 10.1. The molecular weight excluding hydrogens is 469 g/mol. The quantitative estimate of drug-likeness (QED) is 0.126. The molecule has 0 aromatic heterocycles. The zero-order chi connectivity index (χ0) is 26.7. The molecule has 0 saturated heterocycles. The number of rotatable bonds is 16. The predicted molar refractivity (Wildman–Crippen MR) is 142 cm³/mol. The Morgan fingerprint density at radius 3 is 1.89 bits per heavy atom. The number of amides is 2. The van der Waals surface area contributed by atoms with Gasteiger partial charge in [-0.3, -0.25) is 4.57 Å². The van der Waals surface area contributed by atoms with E-state index in [1.807, 2.05) is 30.3 Å². The highest BCUT2D eigenvalue weighted by molar-refractivity contribution is 7.52. The number of benzene rings is 1. The second-order valence-corrected chi connectivity index (χ2v) is 11.7. The summed E-state index contributed by atoms with van der Waals surface area (Å²) in [6.07, 6.45) is 11.4. The molecule has 35 heavy (non-hydrogen) atoms. The lowest BCUT2D eigenvalue weighted by Gasteiger charge is -2.26. The number of nitrogens with zero attached hydrogens (tertiary/aromatic N) is 2. The Morgan fingerprint density at radius 1 is 0.943 bits per heavy atom. The maximum Gasteiger partial charge on any atom is 0.359 e. The van der Waals surface area contributed by atoms with Crippen molar-refractivity contribution in [2.45, 2.75) is 70.6 Å². The van der Waals surface area contributed by atoms with Gasteiger partial charge < -0.3 is 34.7 Å². The molecular formula is C25H49N3O6P+. The topological polar surface area (TPSA) is 130 Å². The fraction of sp³-hybridized carbons (Fsp3) is 0.720. The number of aliphatic hydroxyl groups is 2. The third-order valence-corrected chi connectivity index (χ3v) is 6.25. The molecule has 1 rings (SSSR count). The fourth-order valence-corrected chi connectivity index (χ4v) is 4.07. The highest BCUT2D eigenvalue weighted by atomic mass is 31.2. The van der Waals surface area contributed by atoms with E-state index >= 15 is 0 Å². The normalized spacial score (nSPS) is 12.5. The van der Waals surface area contributed by atoms with Crippen molar-refractivity contribution in [2.24, 2.45) is 0 Å². The number of aliphatic hydroxyl groups excluding tert-OH is 2. The monoisotopic (exact) mass is 518 g/mol. The average molecular weight is 519 g/mol. The maximum absolute atomic E-state index is 12.3. The van der Waals surface area contributed by atoms with Crippen molar-refractivity contribution in [1.29, 1.82) is 0 Å². The van der Waals surface area contributed by atoms with Gasteiger partial charge in [-0.05, 0) is 18.6 Å². The third-order valence-electron chi connectivity index (χ3n) is 5.31. The van der Waals surface area contributed by atoms with Crippen LogP contribution in [0.25, 0.3) is 0 Å². The van der Waals surface area contributed by atoms with E-state index in [9.17, 15) is 14.5 Å². The van der Waals surface area contributed by atoms with Crippen molar-refractivity contribution in [3.63, 3.8) is 0 Å². The van der Waals surface area contributed by atoms with Crippen molar-refractivity contribution < 1.29 is 33.8 Å². The molecule has 204 valence electrons. The molecule has 1 aromatic rings. The van der Waals surface area contributed by atoms with E-state index in [1.54, 1.807) is 26.0 Å². The molecule has 1 unspecified atom stereocenters. The van der Waals surface area contributed by atoms with Crippen LogP contribution in [0.2, 0.25) is 0 Å². The summed E-state index contributed by atoms with van der Waals surface area (Å²) in [5.41, 5.74) is 0.789. The smallest absolute Gasteiger partial charge is 0.359 e. The first-order chi connectivity index (χ1) is 16.4. The van der Waals surface area contributed by atoms with E-state index < -0.39 is 13.4 Å². The molecule has 0 bridgehead atoms. The summed E-state index contributed by atoms with van der Waals surface area (Å²) in [4.78, 5) is 31.0. The highest BCUT2D eigenvalue weighted by Crippen LogP contribution is 2.39. The first kappa shape index (κ1) is 33.5. The first-order valence-electron chi connectivity index (χ1n) is 12.7. The number of likely N-dealkylation sites (N-methyl/N-ethyl adjacent to an activating group) is 1. The molecule has 10 heteroatoms. The second-order valence-electron chi connectivity index (χ2n) is 9.88. The summed E-state index contributed by atoms with van der Waals surface area (Å²) in [6.45, 7) is 3.38. The van der Waals surface area contributed by atoms with E-state index in [0.29, 0.717) is 17.6 Å². The Bertz CT molecular complexity index is 709. The van der Waals surface area contributed by atoms with Crippen LogP contribution < -0.4 is 5.32 Å². The minimum atomic E-state index is -4.31. The summed E-state index contributed by atoms with van der Waals surface area (Å²) in [5.74, 6) is -1.55. The number of nitrogens with one attached hydrogen (secondary N) is 1. The third kappa shape index (κ3) is 19.4. The number of hydrogen-bond acceptors (Lipinski definition) is 4. The molecule has 1 aromatic carbocycles. The van der Waals surface area contributed by atoms with Crippen molar-refractivity contribution in [3.05, 3.63) is 30.3 Å². The van der Waals surface area contributed by atoms with Gasteiger partial charge in [0.05, 0.1) is 27.7 Å². The van der Waals surface area contributed by atoms with E-state index in [4.69, 9.17) is 14.9 Å². The molecule has 0 aliphatic heterocycles. The number of carbonyl (C=O) groups is 1. The van der Waals surface area contributed by atoms with E-state index in [-0.39, 0.29) is 19.2 Å². The van der Waals surface area contributed by atoms with Crippen LogP contribution >= 0.6 is 7.60 Å². The Balaban J connectivity index is 0.000000883. The van der Waals surface area contributed by atoms with Crippen molar-refractivity contribution in [3.8, 4) is 0 Å². The largest absolute Gasteiger partial charge is 0.395 e. The van der Waals surface area contributed by atoms with Crippen LogP contribution in [-0.2, 0) is 4.57 Å². The van der Waals surface area contributed by atoms with Crippen LogP contribution in [0.1, 0.15) is 64.7 Å². The molecule has 0 spiro atoms. The predicted octanol–water partition coefficient (Wildman–Crippen LogP) is 4.23. The van der Waals surface area contributed by atoms with E-state index in [0.717, 1.165) is 18.5 Å². The SMILES string of the molecule is CCCCCCCCCCCN(CCO)C(=O)Nc1ccccc1.C[N+](C)(C)CC(O)P(=O)(O)O. The van der Waals surface area contributed by atoms with E-state index in [1.165, 1.54) is 44.9 Å². The fourth-order valence-electron chi connectivity index (χ4n) is 3.37. The van der Waals surface area contributed by atoms with Gasteiger partial charge in [0.2, 0.25) is 5.85 Å². The number of hydrogen-bond donors (Lipinski definition) is 5. The molecule has 0 fully saturated rings. The number of quaternary nitrogens is 1. The number of urea groups is 1. The summed E-state index contributed by atoms with van der Waals surface area (Å²) < 4.78 is 10.8. The lowest BCUT2D eigenvalue weighted by molar-refractivity contribution is -0.872. The molecule has 0 aliphatic rings. The zero-order valence-corrected chi connectivity index (χ0v) is 23.0. The summed E-state index contributed by atoms with van der Waals surface area (Å²) in [5, 5.41) is 21.0. The molecule has 2 amide bonds. The number of para-hydroxylation sites is 1. The van der Waals surface area contributed by atoms with Crippen LogP contribution in [0, 0.1) is 0 Å². The molecule has 1 atom stereocenters. The molecule has 9 nitrogen and oxygen atoms in total. The van der Waals surface area contributed by atoms with Crippen molar-refractivity contribution in [1.82, 2.24) is 4.90 Å². The van der Waals surface area contributed by atoms with Gasteiger partial charge in [0.25, 0.3) is 0 Å². The number of anilines is 1. The highest BCUT2D eigenvalue weighted by Gasteiger charge is 2.31. The first-order valence-corrected chi connectivity index (χ1v) is 14.3. The van der Waals surface area contributed by atoms with Gasteiger partial charge in [0.15, 0.2) is 0 Å². The standard InChI is InChI=1S/C20H34N2O2.C5H14NO4P/c1-2-3-4-5-6-7-8-9-13-16-22(17-18-23)20(24)21-19-14-11-10-12-15-19;1-6(2,3)4-5(7)11(8,9)10/h10-12,14-15,23H,2-9,13,16-18H2,1H3,(H,21,24);5,7H,4H2,1-3H3,(H-,8,9,10)/p+1. The molecule has 0 heterocycles. The van der Waals surface area contributed by atoms with Crippen LogP contribution in [0.15, 0.2) is 30.3 Å². The van der Waals surface area contributed by atoms with Crippen LogP contribution in [0.3, 0.4) is 0 Å². The van der Waals surface area contributed by atoms with Crippen LogP contribution in [0.4, 0.5) is 10.5 Å².